The van der Waals surface area contributed by atoms with E-state index >= 15 is 0 Å². The summed E-state index contributed by atoms with van der Waals surface area (Å²) in [6.45, 7) is 10.2. The van der Waals surface area contributed by atoms with Gasteiger partial charge in [0.15, 0.2) is 6.10 Å². The fraction of sp³-hybridized carbons (Fsp3) is 0.395. The molecule has 1 N–H and O–H groups in total. The van der Waals surface area contributed by atoms with Crippen molar-refractivity contribution in [2.45, 2.75) is 77.9 Å². The molecule has 2 aliphatic rings. The third-order valence-corrected chi connectivity index (χ3v) is 9.41. The lowest BCUT2D eigenvalue weighted by molar-refractivity contribution is -0.160. The minimum Gasteiger partial charge on any atom is -0.493 e. The number of aromatic nitrogens is 1. The molecule has 51 heavy (non-hydrogen) atoms. The molecular formula is C43H48FNO6. The summed E-state index contributed by atoms with van der Waals surface area (Å²) in [5, 5.41) is 10.7. The molecule has 0 amide bonds. The average Bonchev–Trinajstić information content (AvgIpc) is 3.11. The quantitative estimate of drug-likeness (QED) is 0.158. The van der Waals surface area contributed by atoms with Gasteiger partial charge in [-0.2, -0.15) is 0 Å². The highest BCUT2D eigenvalue weighted by Crippen LogP contribution is 2.45. The lowest BCUT2D eigenvalue weighted by Crippen LogP contribution is -2.28. The van der Waals surface area contributed by atoms with E-state index in [4.69, 9.17) is 23.9 Å². The van der Waals surface area contributed by atoms with Gasteiger partial charge in [0.25, 0.3) is 0 Å². The molecule has 1 unspecified atom stereocenters. The van der Waals surface area contributed by atoms with Crippen LogP contribution in [-0.2, 0) is 27.1 Å². The van der Waals surface area contributed by atoms with Crippen molar-refractivity contribution in [2.75, 3.05) is 26.4 Å². The van der Waals surface area contributed by atoms with Crippen LogP contribution < -0.4 is 9.47 Å². The Morgan fingerprint density at radius 2 is 1.73 bits per heavy atom. The third-order valence-electron chi connectivity index (χ3n) is 9.41. The van der Waals surface area contributed by atoms with Crippen LogP contribution in [0.25, 0.3) is 28.3 Å². The first-order valence-electron chi connectivity index (χ1n) is 18.0. The lowest BCUT2D eigenvalue weighted by atomic mass is 9.85. The molecule has 0 spiro atoms. The topological polar surface area (TPSA) is 87.1 Å². The number of fused-ring (bicyclic) bond motifs is 1. The Hall–Kier alpha value is -4.53. The molecule has 0 radical (unpaired) electrons. The van der Waals surface area contributed by atoms with E-state index in [-0.39, 0.29) is 5.82 Å². The largest absolute Gasteiger partial charge is 0.493 e. The maximum absolute atomic E-state index is 13.4. The number of hydrogen-bond acceptors (Lipinski definition) is 6. The van der Waals surface area contributed by atoms with E-state index in [1.807, 2.05) is 64.1 Å². The molecule has 2 aliphatic heterocycles. The molecule has 7 nitrogen and oxygen atoms in total. The Bertz CT molecular complexity index is 1840. The van der Waals surface area contributed by atoms with Gasteiger partial charge in [0.2, 0.25) is 0 Å². The zero-order valence-electron chi connectivity index (χ0n) is 30.0. The Kier molecular flexibility index (Phi) is 11.5. The van der Waals surface area contributed by atoms with Crippen molar-refractivity contribution >= 4 is 12.0 Å². The van der Waals surface area contributed by atoms with Crippen molar-refractivity contribution in [1.29, 1.82) is 0 Å². The smallest absolute Gasteiger partial charge is 0.337 e. The number of halogens is 1. The van der Waals surface area contributed by atoms with Crippen molar-refractivity contribution in [3.05, 3.63) is 107 Å². The highest BCUT2D eigenvalue weighted by atomic mass is 19.1. The van der Waals surface area contributed by atoms with Crippen molar-refractivity contribution in [1.82, 2.24) is 4.98 Å². The number of carboxylic acid groups (broad SMARTS) is 1. The summed E-state index contributed by atoms with van der Waals surface area (Å²) in [6, 6.07) is 20.5. The lowest BCUT2D eigenvalue weighted by Gasteiger charge is -2.29. The van der Waals surface area contributed by atoms with Crippen molar-refractivity contribution < 1.29 is 33.2 Å². The number of aryl methyl sites for hydroxylation is 2. The second-order valence-electron chi connectivity index (χ2n) is 14.4. The number of hydrogen-bond donors (Lipinski definition) is 1. The molecule has 3 aromatic carbocycles. The van der Waals surface area contributed by atoms with Crippen molar-refractivity contribution in [3.63, 3.8) is 0 Å². The second-order valence-corrected chi connectivity index (χ2v) is 14.4. The normalized spacial score (nSPS) is 15.7. The molecule has 6 rings (SSSR count). The number of allylic oxidation sites excluding steroid dienone is 1. The molecule has 0 saturated carbocycles. The van der Waals surface area contributed by atoms with Crippen LogP contribution in [0.1, 0.15) is 80.6 Å². The van der Waals surface area contributed by atoms with Gasteiger partial charge in [-0.05, 0) is 136 Å². The van der Waals surface area contributed by atoms with Crippen LogP contribution >= 0.6 is 0 Å². The highest BCUT2D eigenvalue weighted by molar-refractivity contribution is 5.93. The van der Waals surface area contributed by atoms with Crippen LogP contribution in [0.4, 0.5) is 4.39 Å². The van der Waals surface area contributed by atoms with Crippen LogP contribution in [0.2, 0.25) is 0 Å². The third kappa shape index (κ3) is 9.23. The van der Waals surface area contributed by atoms with Crippen LogP contribution in [-0.4, -0.2) is 48.1 Å². The number of rotatable bonds is 12. The van der Waals surface area contributed by atoms with Crippen LogP contribution in [0.3, 0.4) is 0 Å². The molecule has 0 bridgehead atoms. The minimum absolute atomic E-state index is 0.260. The van der Waals surface area contributed by atoms with Crippen molar-refractivity contribution in [2.24, 2.45) is 5.92 Å². The van der Waals surface area contributed by atoms with E-state index in [9.17, 15) is 14.3 Å². The van der Waals surface area contributed by atoms with E-state index < -0.39 is 17.7 Å². The minimum atomic E-state index is -1.26. The molecule has 3 heterocycles. The molecule has 1 saturated heterocycles. The second kappa shape index (κ2) is 16.2. The Morgan fingerprint density at radius 1 is 1.00 bits per heavy atom. The predicted octanol–water partition coefficient (Wildman–Crippen LogP) is 9.58. The highest BCUT2D eigenvalue weighted by Gasteiger charge is 2.34. The monoisotopic (exact) mass is 693 g/mol. The molecule has 4 aromatic rings. The van der Waals surface area contributed by atoms with Crippen molar-refractivity contribution in [3.8, 4) is 33.8 Å². The Morgan fingerprint density at radius 3 is 2.43 bits per heavy atom. The first kappa shape index (κ1) is 36.3. The van der Waals surface area contributed by atoms with E-state index in [2.05, 4.69) is 18.2 Å². The van der Waals surface area contributed by atoms with Crippen LogP contribution in [0.15, 0.2) is 72.8 Å². The molecule has 1 aromatic heterocycles. The van der Waals surface area contributed by atoms with Gasteiger partial charge in [0.1, 0.15) is 17.3 Å². The molecular weight excluding hydrogens is 645 g/mol. The first-order chi connectivity index (χ1) is 24.6. The van der Waals surface area contributed by atoms with Gasteiger partial charge in [-0.3, -0.25) is 4.98 Å². The van der Waals surface area contributed by atoms with Gasteiger partial charge >= 0.3 is 5.97 Å². The standard InChI is InChI=1S/C43H48FNO6/c1-28-38(41(42(46)47)51-43(2,3)4)40(33-14-19-37-32(27-33)8-6-23-50-37)39(36(45-28)9-5-7-29-20-24-48-25-21-29)31-12-17-35(18-13-31)49-26-22-30-10-15-34(44)16-11-30/h5,9-19,27,29,41H,6-8,20-26H2,1-4H3,(H,46,47). The number of benzene rings is 3. The molecule has 0 aliphatic carbocycles. The number of ether oxygens (including phenoxy) is 4. The van der Waals surface area contributed by atoms with Gasteiger partial charge in [0.05, 0.1) is 24.5 Å². The Labute approximate surface area is 300 Å². The van der Waals surface area contributed by atoms with Gasteiger partial charge in [-0.25, -0.2) is 9.18 Å². The van der Waals surface area contributed by atoms with Gasteiger partial charge < -0.3 is 24.1 Å². The number of pyridine rings is 1. The predicted molar refractivity (Wildman–Crippen MR) is 198 cm³/mol. The maximum atomic E-state index is 13.4. The summed E-state index contributed by atoms with van der Waals surface area (Å²) < 4.78 is 37.3. The first-order valence-corrected chi connectivity index (χ1v) is 18.0. The van der Waals surface area contributed by atoms with Gasteiger partial charge in [-0.15, -0.1) is 0 Å². The zero-order valence-corrected chi connectivity index (χ0v) is 30.0. The maximum Gasteiger partial charge on any atom is 0.337 e. The number of carbonyl (C=O) groups is 1. The van der Waals surface area contributed by atoms with Crippen LogP contribution in [0.5, 0.6) is 11.5 Å². The van der Waals surface area contributed by atoms with E-state index in [1.165, 1.54) is 12.1 Å². The number of carboxylic acids is 1. The van der Waals surface area contributed by atoms with Gasteiger partial charge in [0, 0.05) is 36.5 Å². The zero-order chi connectivity index (χ0) is 36.0. The SMILES string of the molecule is Cc1nc(C=CCC2CCOCC2)c(-c2ccc(OCCc3ccc(F)cc3)cc2)c(-c2ccc3c(c2)CCCO3)c1C(OC(C)(C)C)C(=O)O. The summed E-state index contributed by atoms with van der Waals surface area (Å²) in [7, 11) is 0. The summed E-state index contributed by atoms with van der Waals surface area (Å²) >= 11 is 0. The Balaban J connectivity index is 1.47. The fourth-order valence-electron chi connectivity index (χ4n) is 6.89. The molecule has 268 valence electrons. The number of nitrogens with zero attached hydrogens (tertiary/aromatic N) is 1. The molecule has 1 fully saturated rings. The fourth-order valence-corrected chi connectivity index (χ4v) is 6.89. The summed E-state index contributed by atoms with van der Waals surface area (Å²) in [5.74, 6) is 0.769. The van der Waals surface area contributed by atoms with E-state index in [0.29, 0.717) is 42.6 Å². The summed E-state index contributed by atoms with van der Waals surface area (Å²) in [6.07, 6.45) is 8.41. The van der Waals surface area contributed by atoms with E-state index in [0.717, 1.165) is 90.1 Å². The van der Waals surface area contributed by atoms with Gasteiger partial charge in [-0.1, -0.05) is 36.4 Å². The summed E-state index contributed by atoms with van der Waals surface area (Å²) in [5.41, 5.74) is 6.63. The average molecular weight is 694 g/mol. The molecule has 1 atom stereocenters. The van der Waals surface area contributed by atoms with E-state index in [1.54, 1.807) is 12.1 Å². The van der Waals surface area contributed by atoms with Crippen LogP contribution in [0, 0.1) is 18.7 Å². The number of aliphatic carboxylic acids is 1. The summed E-state index contributed by atoms with van der Waals surface area (Å²) in [4.78, 5) is 18.2. The molecule has 8 heteroatoms.